The van der Waals surface area contributed by atoms with E-state index in [1.54, 1.807) is 6.92 Å². The Morgan fingerprint density at radius 3 is 2.94 bits per heavy atom. The van der Waals surface area contributed by atoms with Crippen molar-refractivity contribution in [2.45, 2.75) is 13.0 Å². The molecular formula is C10H12N4O4. The lowest BCUT2D eigenvalue weighted by molar-refractivity contribution is -0.384. The van der Waals surface area contributed by atoms with Crippen LogP contribution in [0.15, 0.2) is 12.3 Å². The maximum absolute atomic E-state index is 12.1. The molecule has 96 valence electrons. The Hall–Kier alpha value is -2.38. The minimum Gasteiger partial charge on any atom is -0.353 e. The number of piperazine rings is 1. The second kappa shape index (κ2) is 4.47. The van der Waals surface area contributed by atoms with Crippen LogP contribution in [0.1, 0.15) is 17.4 Å². The van der Waals surface area contributed by atoms with Gasteiger partial charge in [0.15, 0.2) is 0 Å². The van der Waals surface area contributed by atoms with Gasteiger partial charge in [-0.25, -0.2) is 0 Å². The molecule has 0 radical (unpaired) electrons. The van der Waals surface area contributed by atoms with E-state index in [0.717, 1.165) is 6.20 Å². The molecule has 0 aliphatic carbocycles. The Labute approximate surface area is 102 Å². The van der Waals surface area contributed by atoms with E-state index in [9.17, 15) is 19.7 Å². The van der Waals surface area contributed by atoms with E-state index in [2.05, 4.69) is 10.3 Å². The maximum atomic E-state index is 12.1. The molecule has 2 heterocycles. The molecule has 0 spiro atoms. The van der Waals surface area contributed by atoms with Crippen molar-refractivity contribution in [1.82, 2.24) is 15.2 Å². The summed E-state index contributed by atoms with van der Waals surface area (Å²) in [6.07, 6.45) is 1.15. The quantitative estimate of drug-likeness (QED) is 0.565. The fraction of sp³-hybridized carbons (Fsp3) is 0.400. The van der Waals surface area contributed by atoms with E-state index in [0.29, 0.717) is 13.1 Å². The molecule has 2 rings (SSSR count). The SMILES string of the molecule is CC1C(=O)NCCN1C(=O)c1cc([N+](=O)[O-])c[nH]1. The van der Waals surface area contributed by atoms with Gasteiger partial charge in [-0.1, -0.05) is 0 Å². The van der Waals surface area contributed by atoms with Gasteiger partial charge in [-0.2, -0.15) is 0 Å². The van der Waals surface area contributed by atoms with Crippen molar-refractivity contribution < 1.29 is 14.5 Å². The number of hydrogen-bond acceptors (Lipinski definition) is 4. The van der Waals surface area contributed by atoms with E-state index >= 15 is 0 Å². The lowest BCUT2D eigenvalue weighted by Crippen LogP contribution is -2.55. The van der Waals surface area contributed by atoms with Crippen LogP contribution in [-0.4, -0.2) is 45.8 Å². The number of nitrogens with zero attached hydrogens (tertiary/aromatic N) is 2. The highest BCUT2D eigenvalue weighted by Crippen LogP contribution is 2.16. The highest BCUT2D eigenvalue weighted by Gasteiger charge is 2.31. The number of H-pyrrole nitrogens is 1. The van der Waals surface area contributed by atoms with Gasteiger partial charge in [-0.05, 0) is 6.92 Å². The summed E-state index contributed by atoms with van der Waals surface area (Å²) in [5, 5.41) is 13.2. The van der Waals surface area contributed by atoms with Crippen LogP contribution in [0.3, 0.4) is 0 Å². The molecule has 2 amide bonds. The number of hydrogen-bond donors (Lipinski definition) is 2. The number of aromatic nitrogens is 1. The van der Waals surface area contributed by atoms with Crippen molar-refractivity contribution in [3.63, 3.8) is 0 Å². The van der Waals surface area contributed by atoms with E-state index in [1.807, 2.05) is 0 Å². The van der Waals surface area contributed by atoms with Crippen LogP contribution in [0.2, 0.25) is 0 Å². The number of nitrogens with one attached hydrogen (secondary N) is 2. The summed E-state index contributed by atoms with van der Waals surface area (Å²) >= 11 is 0. The third kappa shape index (κ3) is 2.04. The van der Waals surface area contributed by atoms with Crippen LogP contribution in [0.5, 0.6) is 0 Å². The molecule has 2 N–H and O–H groups in total. The summed E-state index contributed by atoms with van der Waals surface area (Å²) < 4.78 is 0. The van der Waals surface area contributed by atoms with Crippen molar-refractivity contribution in [2.75, 3.05) is 13.1 Å². The van der Waals surface area contributed by atoms with E-state index in [-0.39, 0.29) is 17.3 Å². The Morgan fingerprint density at radius 1 is 1.61 bits per heavy atom. The molecule has 1 atom stereocenters. The third-order valence-corrected chi connectivity index (χ3v) is 2.87. The summed E-state index contributed by atoms with van der Waals surface area (Å²) in [6.45, 7) is 2.39. The molecule has 18 heavy (non-hydrogen) atoms. The minimum absolute atomic E-state index is 0.114. The smallest absolute Gasteiger partial charge is 0.287 e. The second-order valence-electron chi connectivity index (χ2n) is 3.99. The summed E-state index contributed by atoms with van der Waals surface area (Å²) in [5.74, 6) is -0.638. The highest BCUT2D eigenvalue weighted by atomic mass is 16.6. The average molecular weight is 252 g/mol. The monoisotopic (exact) mass is 252 g/mol. The van der Waals surface area contributed by atoms with Gasteiger partial charge >= 0.3 is 0 Å². The van der Waals surface area contributed by atoms with Gasteiger partial charge in [0.05, 0.1) is 11.1 Å². The van der Waals surface area contributed by atoms with Gasteiger partial charge in [0.1, 0.15) is 11.7 Å². The van der Waals surface area contributed by atoms with Crippen molar-refractivity contribution in [3.8, 4) is 0 Å². The van der Waals surface area contributed by atoms with Crippen molar-refractivity contribution >= 4 is 17.5 Å². The van der Waals surface area contributed by atoms with Gasteiger partial charge in [0, 0.05) is 19.2 Å². The molecule has 1 aromatic heterocycles. The molecule has 1 unspecified atom stereocenters. The molecule has 8 nitrogen and oxygen atoms in total. The fourth-order valence-electron chi connectivity index (χ4n) is 1.83. The number of aromatic amines is 1. The summed E-state index contributed by atoms with van der Waals surface area (Å²) in [4.78, 5) is 37.4. The Kier molecular flexibility index (Phi) is 3.00. The number of carbonyl (C=O) groups is 2. The first kappa shape index (κ1) is 12.1. The van der Waals surface area contributed by atoms with Crippen molar-refractivity contribution in [1.29, 1.82) is 0 Å². The van der Waals surface area contributed by atoms with Gasteiger partial charge < -0.3 is 15.2 Å². The molecule has 0 bridgehead atoms. The molecular weight excluding hydrogens is 240 g/mol. The lowest BCUT2D eigenvalue weighted by Gasteiger charge is -2.32. The maximum Gasteiger partial charge on any atom is 0.287 e. The average Bonchev–Trinajstić information content (AvgIpc) is 2.81. The predicted octanol–water partition coefficient (Wildman–Crippen LogP) is -0.117. The van der Waals surface area contributed by atoms with Crippen LogP contribution >= 0.6 is 0 Å². The van der Waals surface area contributed by atoms with Gasteiger partial charge in [0.2, 0.25) is 5.91 Å². The largest absolute Gasteiger partial charge is 0.353 e. The first-order valence-corrected chi connectivity index (χ1v) is 5.42. The van der Waals surface area contributed by atoms with Crippen LogP contribution in [0.4, 0.5) is 5.69 Å². The zero-order chi connectivity index (χ0) is 13.3. The van der Waals surface area contributed by atoms with Gasteiger partial charge in [-0.3, -0.25) is 19.7 Å². The zero-order valence-corrected chi connectivity index (χ0v) is 9.67. The summed E-state index contributed by atoms with van der Waals surface area (Å²) in [5.41, 5.74) is -0.0595. The van der Waals surface area contributed by atoms with E-state index in [1.165, 1.54) is 11.0 Å². The zero-order valence-electron chi connectivity index (χ0n) is 9.67. The molecule has 1 aliphatic heterocycles. The Balaban J connectivity index is 2.19. The molecule has 1 aliphatic rings. The molecule has 0 aromatic carbocycles. The summed E-state index contributed by atoms with van der Waals surface area (Å²) in [6, 6.07) is 0.593. The molecule has 8 heteroatoms. The standard InChI is InChI=1S/C10H12N4O4/c1-6-9(15)11-2-3-13(6)10(16)8-4-7(5-12-8)14(17)18/h4-6,12H,2-3H2,1H3,(H,11,15). The number of amides is 2. The molecule has 1 aromatic rings. The van der Waals surface area contributed by atoms with Crippen LogP contribution in [0.25, 0.3) is 0 Å². The molecule has 0 saturated carbocycles. The predicted molar refractivity (Wildman–Crippen MR) is 61.0 cm³/mol. The Morgan fingerprint density at radius 2 is 2.33 bits per heavy atom. The number of carbonyl (C=O) groups excluding carboxylic acids is 2. The Bertz CT molecular complexity index is 510. The van der Waals surface area contributed by atoms with E-state index in [4.69, 9.17) is 0 Å². The third-order valence-electron chi connectivity index (χ3n) is 2.87. The highest BCUT2D eigenvalue weighted by molar-refractivity contribution is 5.97. The van der Waals surface area contributed by atoms with Crippen LogP contribution in [-0.2, 0) is 4.79 Å². The lowest BCUT2D eigenvalue weighted by atomic mass is 10.2. The van der Waals surface area contributed by atoms with Crippen LogP contribution in [0, 0.1) is 10.1 Å². The molecule has 1 fully saturated rings. The normalized spacial score (nSPS) is 19.5. The number of rotatable bonds is 2. The van der Waals surface area contributed by atoms with Gasteiger partial charge in [-0.15, -0.1) is 0 Å². The molecule has 1 saturated heterocycles. The minimum atomic E-state index is -0.584. The first-order chi connectivity index (χ1) is 8.50. The van der Waals surface area contributed by atoms with Crippen molar-refractivity contribution in [2.24, 2.45) is 0 Å². The van der Waals surface area contributed by atoms with E-state index < -0.39 is 16.9 Å². The van der Waals surface area contributed by atoms with Crippen LogP contribution < -0.4 is 5.32 Å². The summed E-state index contributed by atoms with van der Waals surface area (Å²) in [7, 11) is 0. The van der Waals surface area contributed by atoms with Crippen molar-refractivity contribution in [3.05, 3.63) is 28.1 Å². The number of nitro groups is 1. The topological polar surface area (TPSA) is 108 Å². The second-order valence-corrected chi connectivity index (χ2v) is 3.99. The van der Waals surface area contributed by atoms with Gasteiger partial charge in [0.25, 0.3) is 11.6 Å². The first-order valence-electron chi connectivity index (χ1n) is 5.42. The fourth-order valence-corrected chi connectivity index (χ4v) is 1.83.